The molecule has 1 amide bonds. The molecule has 0 aliphatic heterocycles. The van der Waals surface area contributed by atoms with Gasteiger partial charge in [0, 0.05) is 12.5 Å². The van der Waals surface area contributed by atoms with Gasteiger partial charge in [0.15, 0.2) is 5.69 Å². The highest BCUT2D eigenvalue weighted by Crippen LogP contribution is 2.10. The number of nitrogens with zero attached hydrogens (tertiary/aromatic N) is 2. The Balaban J connectivity index is 2.76. The summed E-state index contributed by atoms with van der Waals surface area (Å²) in [5, 5.41) is 0. The Hall–Kier alpha value is -1.85. The van der Waals surface area contributed by atoms with Gasteiger partial charge < -0.3 is 14.1 Å². The first-order chi connectivity index (χ1) is 8.99. The summed E-state index contributed by atoms with van der Waals surface area (Å²) in [6.45, 7) is 6.59. The van der Waals surface area contributed by atoms with E-state index in [1.807, 2.05) is 20.8 Å². The Kier molecular flexibility index (Phi) is 5.54. The summed E-state index contributed by atoms with van der Waals surface area (Å²) >= 11 is 0. The van der Waals surface area contributed by atoms with Gasteiger partial charge >= 0.3 is 5.97 Å². The van der Waals surface area contributed by atoms with E-state index < -0.39 is 5.97 Å². The first-order valence-electron chi connectivity index (χ1n) is 6.31. The van der Waals surface area contributed by atoms with Crippen molar-refractivity contribution in [1.82, 2.24) is 9.88 Å². The molecule has 1 heterocycles. The maximum Gasteiger partial charge on any atom is 0.360 e. The van der Waals surface area contributed by atoms with Crippen LogP contribution < -0.4 is 0 Å². The van der Waals surface area contributed by atoms with Gasteiger partial charge in [0.25, 0.3) is 0 Å². The smallest absolute Gasteiger partial charge is 0.360 e. The topological polar surface area (TPSA) is 72.6 Å². The molecule has 1 rings (SSSR count). The molecule has 19 heavy (non-hydrogen) atoms. The molecule has 106 valence electrons. The Morgan fingerprint density at radius 1 is 1.47 bits per heavy atom. The van der Waals surface area contributed by atoms with Crippen LogP contribution in [0.5, 0.6) is 0 Å². The van der Waals surface area contributed by atoms with Crippen molar-refractivity contribution in [2.75, 3.05) is 13.7 Å². The van der Waals surface area contributed by atoms with Gasteiger partial charge in [-0.25, -0.2) is 9.78 Å². The molecule has 0 radical (unpaired) electrons. The monoisotopic (exact) mass is 268 g/mol. The lowest BCUT2D eigenvalue weighted by molar-refractivity contribution is -0.135. The lowest BCUT2D eigenvalue weighted by Crippen LogP contribution is -2.34. The quantitative estimate of drug-likeness (QED) is 0.736. The highest BCUT2D eigenvalue weighted by molar-refractivity contribution is 5.86. The molecule has 0 aliphatic carbocycles. The third-order valence-corrected chi connectivity index (χ3v) is 2.57. The molecule has 0 N–H and O–H groups in total. The SMILES string of the molecule is CCCN(Cc1nc(C(=O)OC)co1)C(=O)C(C)C. The minimum absolute atomic E-state index is 0.0414. The first kappa shape index (κ1) is 15.2. The second-order valence-corrected chi connectivity index (χ2v) is 4.53. The van der Waals surface area contributed by atoms with E-state index in [-0.39, 0.29) is 24.1 Å². The van der Waals surface area contributed by atoms with E-state index in [1.54, 1.807) is 4.90 Å². The number of hydrogen-bond acceptors (Lipinski definition) is 5. The van der Waals surface area contributed by atoms with E-state index in [4.69, 9.17) is 4.42 Å². The molecule has 0 aliphatic rings. The predicted molar refractivity (Wildman–Crippen MR) is 68.4 cm³/mol. The van der Waals surface area contributed by atoms with Crippen LogP contribution in [0.15, 0.2) is 10.7 Å². The highest BCUT2D eigenvalue weighted by atomic mass is 16.5. The third-order valence-electron chi connectivity index (χ3n) is 2.57. The van der Waals surface area contributed by atoms with Gasteiger partial charge in [-0.2, -0.15) is 0 Å². The fourth-order valence-corrected chi connectivity index (χ4v) is 1.65. The molecular weight excluding hydrogens is 248 g/mol. The molecule has 1 aromatic rings. The van der Waals surface area contributed by atoms with E-state index in [1.165, 1.54) is 13.4 Å². The zero-order valence-corrected chi connectivity index (χ0v) is 11.8. The molecule has 6 heteroatoms. The number of hydrogen-bond donors (Lipinski definition) is 0. The van der Waals surface area contributed by atoms with Crippen LogP contribution in [0.1, 0.15) is 43.6 Å². The Labute approximate surface area is 112 Å². The van der Waals surface area contributed by atoms with Crippen molar-refractivity contribution in [2.24, 2.45) is 5.92 Å². The standard InChI is InChI=1S/C13H20N2O4/c1-5-6-15(12(16)9(2)3)7-11-14-10(8-19-11)13(17)18-4/h8-9H,5-7H2,1-4H3. The molecular formula is C13H20N2O4. The van der Waals surface area contributed by atoms with Crippen LogP contribution in [0.4, 0.5) is 0 Å². The predicted octanol–water partition coefficient (Wildman–Crippen LogP) is 1.86. The minimum atomic E-state index is -0.549. The van der Waals surface area contributed by atoms with E-state index >= 15 is 0 Å². The summed E-state index contributed by atoms with van der Waals surface area (Å²) in [5.41, 5.74) is 0.117. The van der Waals surface area contributed by atoms with Crippen LogP contribution in [-0.4, -0.2) is 35.4 Å². The number of aromatic nitrogens is 1. The second kappa shape index (κ2) is 6.92. The lowest BCUT2D eigenvalue weighted by Gasteiger charge is -2.22. The molecule has 0 saturated heterocycles. The van der Waals surface area contributed by atoms with Gasteiger partial charge in [0.2, 0.25) is 11.8 Å². The van der Waals surface area contributed by atoms with Gasteiger partial charge in [-0.1, -0.05) is 20.8 Å². The van der Waals surface area contributed by atoms with Crippen molar-refractivity contribution in [3.8, 4) is 0 Å². The largest absolute Gasteiger partial charge is 0.464 e. The molecule has 1 aromatic heterocycles. The fraction of sp³-hybridized carbons (Fsp3) is 0.615. The molecule has 0 unspecified atom stereocenters. The molecule has 0 spiro atoms. The van der Waals surface area contributed by atoms with Crippen molar-refractivity contribution in [2.45, 2.75) is 33.7 Å². The number of carbonyl (C=O) groups excluding carboxylic acids is 2. The fourth-order valence-electron chi connectivity index (χ4n) is 1.65. The molecule has 6 nitrogen and oxygen atoms in total. The van der Waals surface area contributed by atoms with Crippen LogP contribution in [0.2, 0.25) is 0 Å². The van der Waals surface area contributed by atoms with Gasteiger partial charge in [-0.05, 0) is 6.42 Å². The van der Waals surface area contributed by atoms with Crippen LogP contribution >= 0.6 is 0 Å². The summed E-state index contributed by atoms with van der Waals surface area (Å²) in [5.74, 6) is -0.253. The van der Waals surface area contributed by atoms with Gasteiger partial charge in [0.05, 0.1) is 13.7 Å². The maximum absolute atomic E-state index is 12.0. The van der Waals surface area contributed by atoms with E-state index in [0.717, 1.165) is 6.42 Å². The van der Waals surface area contributed by atoms with Crippen LogP contribution in [-0.2, 0) is 16.1 Å². The first-order valence-corrected chi connectivity index (χ1v) is 6.31. The van der Waals surface area contributed by atoms with E-state index in [0.29, 0.717) is 12.4 Å². The summed E-state index contributed by atoms with van der Waals surface area (Å²) in [6.07, 6.45) is 2.09. The Bertz CT molecular complexity index is 440. The summed E-state index contributed by atoms with van der Waals surface area (Å²) in [7, 11) is 1.28. The normalized spacial score (nSPS) is 10.6. The van der Waals surface area contributed by atoms with Crippen LogP contribution in [0, 0.1) is 5.92 Å². The molecule has 0 atom stereocenters. The van der Waals surface area contributed by atoms with Crippen molar-refractivity contribution >= 4 is 11.9 Å². The van der Waals surface area contributed by atoms with Crippen LogP contribution in [0.3, 0.4) is 0 Å². The summed E-state index contributed by atoms with van der Waals surface area (Å²) in [4.78, 5) is 28.9. The number of esters is 1. The van der Waals surface area contributed by atoms with Crippen molar-refractivity contribution in [3.63, 3.8) is 0 Å². The van der Waals surface area contributed by atoms with Gasteiger partial charge in [0.1, 0.15) is 6.26 Å². The summed E-state index contributed by atoms with van der Waals surface area (Å²) in [6, 6.07) is 0. The molecule has 0 saturated carbocycles. The molecule has 0 bridgehead atoms. The van der Waals surface area contributed by atoms with E-state index in [9.17, 15) is 9.59 Å². The number of amides is 1. The minimum Gasteiger partial charge on any atom is -0.464 e. The second-order valence-electron chi connectivity index (χ2n) is 4.53. The summed E-state index contributed by atoms with van der Waals surface area (Å²) < 4.78 is 9.73. The van der Waals surface area contributed by atoms with E-state index in [2.05, 4.69) is 9.72 Å². The lowest BCUT2D eigenvalue weighted by atomic mass is 10.2. The zero-order chi connectivity index (χ0) is 14.4. The number of rotatable bonds is 6. The van der Waals surface area contributed by atoms with Gasteiger partial charge in [-0.3, -0.25) is 4.79 Å². The number of methoxy groups -OCH3 is 1. The Morgan fingerprint density at radius 2 is 2.16 bits per heavy atom. The zero-order valence-electron chi connectivity index (χ0n) is 11.8. The third kappa shape index (κ3) is 4.08. The average molecular weight is 268 g/mol. The Morgan fingerprint density at radius 3 is 2.68 bits per heavy atom. The number of carbonyl (C=O) groups is 2. The van der Waals surface area contributed by atoms with Gasteiger partial charge in [-0.15, -0.1) is 0 Å². The highest BCUT2D eigenvalue weighted by Gasteiger charge is 2.20. The van der Waals surface area contributed by atoms with Crippen LogP contribution in [0.25, 0.3) is 0 Å². The van der Waals surface area contributed by atoms with Crippen molar-refractivity contribution in [1.29, 1.82) is 0 Å². The number of ether oxygens (including phenoxy) is 1. The average Bonchev–Trinajstić information content (AvgIpc) is 2.84. The number of oxazole rings is 1. The van der Waals surface area contributed by atoms with Crippen molar-refractivity contribution < 1.29 is 18.7 Å². The maximum atomic E-state index is 12.0. The molecule has 0 fully saturated rings. The van der Waals surface area contributed by atoms with Crippen molar-refractivity contribution in [3.05, 3.63) is 17.8 Å². The molecule has 0 aromatic carbocycles.